The molecule has 22 heavy (non-hydrogen) atoms. The number of aromatic amines is 1. The first-order valence-corrected chi connectivity index (χ1v) is 7.92. The van der Waals surface area contributed by atoms with Gasteiger partial charge < -0.3 is 14.6 Å². The summed E-state index contributed by atoms with van der Waals surface area (Å²) in [6.07, 6.45) is 0.761. The number of halogens is 2. The minimum Gasteiger partial charge on any atom is -0.375 e. The Bertz CT molecular complexity index is 752. The molecule has 2 heterocycles. The van der Waals surface area contributed by atoms with Crippen molar-refractivity contribution in [2.45, 2.75) is 25.8 Å². The second kappa shape index (κ2) is 5.44. The van der Waals surface area contributed by atoms with Crippen molar-refractivity contribution in [3.8, 4) is 0 Å². The molecule has 1 aliphatic rings. The monoisotopic (exact) mass is 340 g/mol. The minimum absolute atomic E-state index is 0.00689. The third kappa shape index (κ3) is 2.21. The second-order valence-corrected chi connectivity index (χ2v) is 6.84. The summed E-state index contributed by atoms with van der Waals surface area (Å²) in [6.45, 7) is 4.84. The highest BCUT2D eigenvalue weighted by Crippen LogP contribution is 2.42. The fourth-order valence-corrected chi connectivity index (χ4v) is 3.79. The van der Waals surface area contributed by atoms with Crippen LogP contribution in [-0.2, 0) is 21.5 Å². The normalized spacial score (nSPS) is 16.9. The van der Waals surface area contributed by atoms with Crippen molar-refractivity contribution in [2.75, 3.05) is 20.3 Å². The number of ether oxygens (including phenoxy) is 1. The number of amides is 1. The van der Waals surface area contributed by atoms with E-state index in [0.717, 1.165) is 28.6 Å². The molecule has 2 aromatic rings. The molecule has 1 aliphatic heterocycles. The fraction of sp³-hybridized carbons (Fsp3) is 0.438. The number of hydrogen-bond donors (Lipinski definition) is 1. The first kappa shape index (κ1) is 15.7. The molecule has 0 bridgehead atoms. The molecule has 0 spiro atoms. The SMILES string of the molecule is COCC(=O)N1CCc2[nH]c3c(Cl)c(Cl)ccc3c2C1(C)C. The number of carbonyl (C=O) groups excluding carboxylic acids is 1. The Labute approximate surface area is 139 Å². The minimum atomic E-state index is -0.432. The van der Waals surface area contributed by atoms with Crippen LogP contribution in [0.25, 0.3) is 10.9 Å². The van der Waals surface area contributed by atoms with Crippen molar-refractivity contribution in [2.24, 2.45) is 0 Å². The maximum atomic E-state index is 12.3. The van der Waals surface area contributed by atoms with Crippen molar-refractivity contribution in [1.29, 1.82) is 0 Å². The number of H-pyrrole nitrogens is 1. The van der Waals surface area contributed by atoms with E-state index in [1.807, 2.05) is 24.8 Å². The van der Waals surface area contributed by atoms with Crippen molar-refractivity contribution >= 4 is 40.0 Å². The number of nitrogens with zero attached hydrogens (tertiary/aromatic N) is 1. The number of fused-ring (bicyclic) bond motifs is 3. The van der Waals surface area contributed by atoms with Gasteiger partial charge in [0.1, 0.15) is 6.61 Å². The fourth-order valence-electron chi connectivity index (χ4n) is 3.42. The van der Waals surface area contributed by atoms with Crippen LogP contribution in [0.15, 0.2) is 12.1 Å². The van der Waals surface area contributed by atoms with Gasteiger partial charge in [-0.15, -0.1) is 0 Å². The Morgan fingerprint density at radius 2 is 2.14 bits per heavy atom. The zero-order valence-corrected chi connectivity index (χ0v) is 14.3. The van der Waals surface area contributed by atoms with E-state index < -0.39 is 5.54 Å². The molecule has 0 aliphatic carbocycles. The lowest BCUT2D eigenvalue weighted by Gasteiger charge is -2.42. The number of rotatable bonds is 2. The lowest BCUT2D eigenvalue weighted by Crippen LogP contribution is -2.51. The van der Waals surface area contributed by atoms with Crippen molar-refractivity contribution in [3.05, 3.63) is 33.4 Å². The van der Waals surface area contributed by atoms with Crippen LogP contribution >= 0.6 is 23.2 Å². The highest BCUT2D eigenvalue weighted by Gasteiger charge is 2.39. The van der Waals surface area contributed by atoms with Crippen molar-refractivity contribution in [1.82, 2.24) is 9.88 Å². The number of carbonyl (C=O) groups is 1. The summed E-state index contributed by atoms with van der Waals surface area (Å²) < 4.78 is 5.00. The molecule has 1 amide bonds. The Morgan fingerprint density at radius 1 is 1.41 bits per heavy atom. The first-order chi connectivity index (χ1) is 10.4. The maximum absolute atomic E-state index is 12.3. The summed E-state index contributed by atoms with van der Waals surface area (Å²) in [4.78, 5) is 17.6. The Hall–Kier alpha value is -1.23. The summed E-state index contributed by atoms with van der Waals surface area (Å²) >= 11 is 12.4. The number of nitrogens with one attached hydrogen (secondary N) is 1. The summed E-state index contributed by atoms with van der Waals surface area (Å²) in [5.74, 6) is -0.00689. The quantitative estimate of drug-likeness (QED) is 0.904. The number of aromatic nitrogens is 1. The van der Waals surface area contributed by atoms with E-state index >= 15 is 0 Å². The van der Waals surface area contributed by atoms with Gasteiger partial charge in [-0.3, -0.25) is 4.79 Å². The van der Waals surface area contributed by atoms with Gasteiger partial charge in [-0.05, 0) is 19.9 Å². The van der Waals surface area contributed by atoms with Crippen LogP contribution in [0.1, 0.15) is 25.1 Å². The zero-order valence-electron chi connectivity index (χ0n) is 12.8. The highest BCUT2D eigenvalue weighted by atomic mass is 35.5. The molecule has 0 saturated carbocycles. The summed E-state index contributed by atoms with van der Waals surface area (Å²) in [5.41, 5.74) is 2.63. The third-order valence-corrected chi connectivity index (χ3v) is 5.19. The molecule has 1 N–H and O–H groups in total. The molecule has 0 saturated heterocycles. The third-order valence-electron chi connectivity index (χ3n) is 4.38. The van der Waals surface area contributed by atoms with Gasteiger partial charge in [-0.1, -0.05) is 29.3 Å². The van der Waals surface area contributed by atoms with Gasteiger partial charge in [0.15, 0.2) is 0 Å². The van der Waals surface area contributed by atoms with Gasteiger partial charge in [-0.25, -0.2) is 0 Å². The van der Waals surface area contributed by atoms with Crippen LogP contribution in [0.4, 0.5) is 0 Å². The van der Waals surface area contributed by atoms with Crippen LogP contribution in [0.2, 0.25) is 10.0 Å². The average molecular weight is 341 g/mol. The van der Waals surface area contributed by atoms with Crippen molar-refractivity contribution < 1.29 is 9.53 Å². The lowest BCUT2D eigenvalue weighted by atomic mass is 9.85. The predicted molar refractivity (Wildman–Crippen MR) is 88.6 cm³/mol. The molecule has 1 aromatic heterocycles. The summed E-state index contributed by atoms with van der Waals surface area (Å²) in [6, 6.07) is 3.76. The molecule has 1 aromatic carbocycles. The molecule has 118 valence electrons. The topological polar surface area (TPSA) is 45.3 Å². The van der Waals surface area contributed by atoms with E-state index in [1.165, 1.54) is 7.11 Å². The molecule has 3 rings (SSSR count). The van der Waals surface area contributed by atoms with Gasteiger partial charge >= 0.3 is 0 Å². The smallest absolute Gasteiger partial charge is 0.249 e. The van der Waals surface area contributed by atoms with Crippen LogP contribution in [-0.4, -0.2) is 36.1 Å². The van der Waals surface area contributed by atoms with Gasteiger partial charge in [0.2, 0.25) is 5.91 Å². The van der Waals surface area contributed by atoms with Gasteiger partial charge in [0.25, 0.3) is 0 Å². The standard InChI is InChI=1S/C16H18Cl2N2O2/c1-16(2)13-9-4-5-10(17)14(18)15(9)19-11(13)6-7-20(16)12(21)8-22-3/h4-5,19H,6-8H2,1-3H3. The molecule has 4 nitrogen and oxygen atoms in total. The van der Waals surface area contributed by atoms with Crippen LogP contribution in [0.5, 0.6) is 0 Å². The lowest BCUT2D eigenvalue weighted by molar-refractivity contribution is -0.141. The number of hydrogen-bond acceptors (Lipinski definition) is 2. The Morgan fingerprint density at radius 3 is 2.82 bits per heavy atom. The van der Waals surface area contributed by atoms with Crippen LogP contribution < -0.4 is 0 Å². The highest BCUT2D eigenvalue weighted by molar-refractivity contribution is 6.45. The van der Waals surface area contributed by atoms with E-state index in [1.54, 1.807) is 6.07 Å². The molecule has 0 radical (unpaired) electrons. The van der Waals surface area contributed by atoms with E-state index in [-0.39, 0.29) is 12.5 Å². The molecule has 6 heteroatoms. The predicted octanol–water partition coefficient (Wildman–Crippen LogP) is 3.74. The van der Waals surface area contributed by atoms with E-state index in [2.05, 4.69) is 4.98 Å². The molecule has 0 fully saturated rings. The molecule has 0 unspecified atom stereocenters. The molecule has 0 atom stereocenters. The maximum Gasteiger partial charge on any atom is 0.249 e. The van der Waals surface area contributed by atoms with E-state index in [9.17, 15) is 4.79 Å². The number of benzene rings is 1. The summed E-state index contributed by atoms with van der Waals surface area (Å²) in [7, 11) is 1.54. The van der Waals surface area contributed by atoms with E-state index in [0.29, 0.717) is 16.6 Å². The van der Waals surface area contributed by atoms with Crippen molar-refractivity contribution in [3.63, 3.8) is 0 Å². The zero-order chi connectivity index (χ0) is 16.1. The van der Waals surface area contributed by atoms with Crippen LogP contribution in [0.3, 0.4) is 0 Å². The molecular weight excluding hydrogens is 323 g/mol. The Balaban J connectivity index is 2.17. The average Bonchev–Trinajstić information content (AvgIpc) is 2.83. The number of methoxy groups -OCH3 is 1. The Kier molecular flexibility index (Phi) is 3.87. The van der Waals surface area contributed by atoms with Gasteiger partial charge in [-0.2, -0.15) is 0 Å². The van der Waals surface area contributed by atoms with E-state index in [4.69, 9.17) is 27.9 Å². The largest absolute Gasteiger partial charge is 0.375 e. The van der Waals surface area contributed by atoms with Gasteiger partial charge in [0, 0.05) is 36.7 Å². The second-order valence-electron chi connectivity index (χ2n) is 6.05. The first-order valence-electron chi connectivity index (χ1n) is 7.16. The van der Waals surface area contributed by atoms with Crippen LogP contribution in [0, 0.1) is 0 Å². The van der Waals surface area contributed by atoms with Gasteiger partial charge in [0.05, 0.1) is 21.1 Å². The summed E-state index contributed by atoms with van der Waals surface area (Å²) in [5, 5.41) is 2.07. The molecular formula is C16H18Cl2N2O2.